The molecule has 4 aromatic rings. The molecule has 14 nitrogen and oxygen atoms in total. The van der Waals surface area contributed by atoms with Gasteiger partial charge >= 0.3 is 12.1 Å². The zero-order chi connectivity index (χ0) is 35.3. The lowest BCUT2D eigenvalue weighted by molar-refractivity contribution is -0.142. The Labute approximate surface area is 284 Å². The van der Waals surface area contributed by atoms with Crippen LogP contribution in [-0.2, 0) is 22.6 Å². The van der Waals surface area contributed by atoms with E-state index >= 15 is 0 Å². The fourth-order valence-corrected chi connectivity index (χ4v) is 5.81. The van der Waals surface area contributed by atoms with E-state index in [0.717, 1.165) is 11.1 Å². The number of carbonyl (C=O) groups is 2. The molecule has 3 heterocycles. The fraction of sp³-hybridized carbons (Fsp3) is 0.429. The van der Waals surface area contributed by atoms with Crippen molar-refractivity contribution in [2.75, 3.05) is 51.3 Å². The number of fused-ring (bicyclic) bond motifs is 1. The molecule has 14 heteroatoms. The van der Waals surface area contributed by atoms with Crippen LogP contribution in [0, 0.1) is 5.92 Å². The van der Waals surface area contributed by atoms with Crippen molar-refractivity contribution in [1.29, 1.82) is 0 Å². The molecule has 0 spiro atoms. The van der Waals surface area contributed by atoms with E-state index in [-0.39, 0.29) is 6.54 Å². The number of carboxylic acids is 1. The summed E-state index contributed by atoms with van der Waals surface area (Å²) in [6.45, 7) is 6.52. The number of aliphatic carboxylic acids is 1. The number of ether oxygens (including phenoxy) is 5. The first-order valence-corrected chi connectivity index (χ1v) is 15.8. The highest BCUT2D eigenvalue weighted by Gasteiger charge is 2.37. The predicted molar refractivity (Wildman–Crippen MR) is 182 cm³/mol. The number of alkyl carbamates (subject to hydrolysis) is 1. The largest absolute Gasteiger partial charge is 0.497 e. The molecule has 2 aromatic heterocycles. The second-order valence-corrected chi connectivity index (χ2v) is 12.6. The minimum Gasteiger partial charge on any atom is -0.497 e. The highest BCUT2D eigenvalue weighted by molar-refractivity contribution is 5.87. The van der Waals surface area contributed by atoms with Crippen LogP contribution in [0.2, 0.25) is 0 Å². The van der Waals surface area contributed by atoms with Crippen molar-refractivity contribution >= 4 is 34.9 Å². The summed E-state index contributed by atoms with van der Waals surface area (Å²) in [7, 11) is 6.39. The zero-order valence-corrected chi connectivity index (χ0v) is 28.8. The highest BCUT2D eigenvalue weighted by atomic mass is 16.6. The van der Waals surface area contributed by atoms with E-state index in [9.17, 15) is 14.7 Å². The van der Waals surface area contributed by atoms with Gasteiger partial charge in [0.1, 0.15) is 39.8 Å². The Kier molecular flexibility index (Phi) is 10.5. The summed E-state index contributed by atoms with van der Waals surface area (Å²) in [6.07, 6.45) is 2.97. The van der Waals surface area contributed by atoms with E-state index in [1.165, 1.54) is 0 Å². The molecule has 1 aliphatic heterocycles. The Morgan fingerprint density at radius 1 is 0.959 bits per heavy atom. The molecule has 49 heavy (non-hydrogen) atoms. The van der Waals surface area contributed by atoms with Crippen molar-refractivity contribution in [2.45, 2.75) is 51.9 Å². The summed E-state index contributed by atoms with van der Waals surface area (Å²) in [5.41, 5.74) is 2.57. The van der Waals surface area contributed by atoms with Gasteiger partial charge in [-0.25, -0.2) is 4.79 Å². The molecule has 2 N–H and O–H groups in total. The number of hydrogen-bond donors (Lipinski definition) is 2. The van der Waals surface area contributed by atoms with Crippen LogP contribution in [0.15, 0.2) is 53.2 Å². The topological polar surface area (TPSA) is 158 Å². The number of rotatable bonds is 12. The molecule has 0 aliphatic carbocycles. The minimum atomic E-state index is -1.03. The van der Waals surface area contributed by atoms with Crippen molar-refractivity contribution in [3.63, 3.8) is 0 Å². The summed E-state index contributed by atoms with van der Waals surface area (Å²) >= 11 is 0. The number of benzene rings is 2. The second-order valence-electron chi connectivity index (χ2n) is 12.6. The monoisotopic (exact) mass is 677 g/mol. The maximum Gasteiger partial charge on any atom is 0.407 e. The number of anilines is 2. The molecular formula is C35H43N5O9. The average molecular weight is 678 g/mol. The molecule has 262 valence electrons. The molecule has 2 unspecified atom stereocenters. The van der Waals surface area contributed by atoms with Crippen LogP contribution in [0.1, 0.15) is 38.3 Å². The zero-order valence-electron chi connectivity index (χ0n) is 28.8. The molecule has 1 fully saturated rings. The van der Waals surface area contributed by atoms with E-state index in [1.807, 2.05) is 46.2 Å². The molecule has 5 rings (SSSR count). The van der Waals surface area contributed by atoms with Crippen LogP contribution in [0.5, 0.6) is 23.0 Å². The van der Waals surface area contributed by atoms with E-state index in [4.69, 9.17) is 33.1 Å². The number of carboxylic acid groups (broad SMARTS) is 1. The first-order valence-electron chi connectivity index (χ1n) is 15.8. The smallest absolute Gasteiger partial charge is 0.407 e. The first-order chi connectivity index (χ1) is 23.4. The number of nitrogens with zero attached hydrogens (tertiary/aromatic N) is 4. The summed E-state index contributed by atoms with van der Waals surface area (Å²) in [6, 6.07) is 10.9. The second kappa shape index (κ2) is 14.8. The van der Waals surface area contributed by atoms with Gasteiger partial charge in [-0.15, -0.1) is 0 Å². The Hall–Kier alpha value is -5.40. The van der Waals surface area contributed by atoms with Crippen molar-refractivity contribution in [3.8, 4) is 23.0 Å². The van der Waals surface area contributed by atoms with Crippen molar-refractivity contribution < 1.29 is 42.8 Å². The van der Waals surface area contributed by atoms with Gasteiger partial charge in [-0.3, -0.25) is 9.78 Å². The Morgan fingerprint density at radius 3 is 2.10 bits per heavy atom. The van der Waals surface area contributed by atoms with E-state index < -0.39 is 29.6 Å². The minimum absolute atomic E-state index is 0.114. The third-order valence-electron chi connectivity index (χ3n) is 8.22. The molecule has 1 aliphatic rings. The average Bonchev–Trinajstić information content (AvgIpc) is 3.52. The number of aromatic nitrogens is 2. The Bertz CT molecular complexity index is 1730. The predicted octanol–water partition coefficient (Wildman–Crippen LogP) is 5.27. The number of amides is 1. The van der Waals surface area contributed by atoms with Gasteiger partial charge < -0.3 is 48.3 Å². The highest BCUT2D eigenvalue weighted by Crippen LogP contribution is 2.36. The number of piperidine rings is 1. The molecule has 0 bridgehead atoms. The number of carbonyl (C=O) groups excluding carboxylic acids is 1. The fourth-order valence-electron chi connectivity index (χ4n) is 5.81. The summed E-state index contributed by atoms with van der Waals surface area (Å²) in [4.78, 5) is 38.0. The molecule has 2 aromatic carbocycles. The molecular weight excluding hydrogens is 634 g/mol. The van der Waals surface area contributed by atoms with Crippen LogP contribution in [0.3, 0.4) is 0 Å². The number of methoxy groups -OCH3 is 4. The molecule has 0 saturated carbocycles. The summed E-state index contributed by atoms with van der Waals surface area (Å²) < 4.78 is 34.1. The Balaban J connectivity index is 1.48. The Morgan fingerprint density at radius 2 is 1.57 bits per heavy atom. The van der Waals surface area contributed by atoms with Crippen LogP contribution in [0.25, 0.3) is 11.1 Å². The van der Waals surface area contributed by atoms with Crippen LogP contribution in [-0.4, -0.2) is 80.3 Å². The van der Waals surface area contributed by atoms with Gasteiger partial charge in [0.2, 0.25) is 0 Å². The van der Waals surface area contributed by atoms with Crippen molar-refractivity contribution in [2.24, 2.45) is 5.92 Å². The lowest BCUT2D eigenvalue weighted by Crippen LogP contribution is -2.54. The van der Waals surface area contributed by atoms with Gasteiger partial charge in [0.15, 0.2) is 5.58 Å². The lowest BCUT2D eigenvalue weighted by Gasteiger charge is -2.38. The number of oxazole rings is 1. The number of hydrogen-bond acceptors (Lipinski definition) is 12. The maximum atomic E-state index is 12.5. The van der Waals surface area contributed by atoms with Gasteiger partial charge in [-0.05, 0) is 51.5 Å². The first kappa shape index (κ1) is 34.9. The van der Waals surface area contributed by atoms with Crippen LogP contribution in [0.4, 0.5) is 16.5 Å². The number of pyridine rings is 1. The van der Waals surface area contributed by atoms with Gasteiger partial charge in [-0.1, -0.05) is 0 Å². The third kappa shape index (κ3) is 8.19. The number of nitrogens with one attached hydrogen (secondary N) is 1. The summed E-state index contributed by atoms with van der Waals surface area (Å²) in [5.74, 6) is 0.648. The van der Waals surface area contributed by atoms with Gasteiger partial charge in [0.05, 0.1) is 59.8 Å². The molecule has 1 amide bonds. The molecule has 1 saturated heterocycles. The molecule has 2 atom stereocenters. The maximum absolute atomic E-state index is 12.5. The lowest BCUT2D eigenvalue weighted by atomic mass is 9.92. The van der Waals surface area contributed by atoms with E-state index in [2.05, 4.69) is 10.3 Å². The summed E-state index contributed by atoms with van der Waals surface area (Å²) in [5, 5.41) is 12.9. The van der Waals surface area contributed by atoms with Crippen molar-refractivity contribution in [3.05, 3.63) is 59.9 Å². The van der Waals surface area contributed by atoms with E-state index in [0.29, 0.717) is 71.9 Å². The van der Waals surface area contributed by atoms with E-state index in [1.54, 1.807) is 61.6 Å². The van der Waals surface area contributed by atoms with Crippen LogP contribution >= 0.6 is 0 Å². The van der Waals surface area contributed by atoms with Crippen LogP contribution < -0.4 is 34.1 Å². The van der Waals surface area contributed by atoms with Gasteiger partial charge in [0, 0.05) is 42.4 Å². The van der Waals surface area contributed by atoms with Crippen molar-refractivity contribution in [1.82, 2.24) is 15.3 Å². The normalized spacial score (nSPS) is 16.2. The van der Waals surface area contributed by atoms with Gasteiger partial charge in [-0.2, -0.15) is 4.98 Å². The quantitative estimate of drug-likeness (QED) is 0.200. The van der Waals surface area contributed by atoms with Gasteiger partial charge in [0.25, 0.3) is 6.01 Å². The molecule has 0 radical (unpaired) electrons. The third-order valence-corrected chi connectivity index (χ3v) is 8.22. The SMILES string of the molecule is COc1ccc(CN(Cc2ccc(OC)cc2OC)c2nc3cncc(N4CCC(NC(=O)OC(C)(C)C)C(C(=O)O)C4)c3o2)c(OC)c1. The standard InChI is InChI=1S/C35H43N5O9/c1-35(2,3)49-34(43)38-26-12-13-39(20-25(26)32(41)42)28-17-36-16-27-31(28)48-33(37-27)40(18-21-8-10-23(44-4)14-29(21)46-6)19-22-9-11-24(45-5)15-30(22)47-7/h8-11,14-17,25-26H,12-13,18-20H2,1-7H3,(H,38,43)(H,41,42).